The molecule has 3 heterocycles. The zero-order chi connectivity index (χ0) is 17.1. The van der Waals surface area contributed by atoms with E-state index in [1.807, 2.05) is 30.1 Å². The third-order valence-electron chi connectivity index (χ3n) is 5.00. The minimum atomic E-state index is 0.508. The van der Waals surface area contributed by atoms with Crippen molar-refractivity contribution in [2.75, 3.05) is 18.0 Å². The highest BCUT2D eigenvalue weighted by molar-refractivity contribution is 7.22. The van der Waals surface area contributed by atoms with Crippen LogP contribution in [0.4, 0.5) is 5.13 Å². The van der Waals surface area contributed by atoms with Crippen LogP contribution in [0.25, 0.3) is 10.2 Å². The molecule has 0 unspecified atom stereocenters. The van der Waals surface area contributed by atoms with Gasteiger partial charge in [-0.25, -0.2) is 9.97 Å². The van der Waals surface area contributed by atoms with Gasteiger partial charge in [-0.1, -0.05) is 30.4 Å². The highest BCUT2D eigenvalue weighted by atomic mass is 32.1. The Bertz CT molecular complexity index is 756. The van der Waals surface area contributed by atoms with Crippen LogP contribution >= 0.6 is 11.3 Å². The van der Waals surface area contributed by atoms with Gasteiger partial charge >= 0.3 is 0 Å². The number of rotatable bonds is 6. The Hall–Kier alpha value is -1.92. The summed E-state index contributed by atoms with van der Waals surface area (Å²) in [5.41, 5.74) is 1.12. The maximum Gasteiger partial charge on any atom is 0.186 e. The molecule has 1 fully saturated rings. The van der Waals surface area contributed by atoms with Crippen molar-refractivity contribution >= 4 is 26.7 Å². The van der Waals surface area contributed by atoms with Crippen molar-refractivity contribution in [1.29, 1.82) is 0 Å². The summed E-state index contributed by atoms with van der Waals surface area (Å²) < 4.78 is 3.45. The van der Waals surface area contributed by atoms with Gasteiger partial charge in [0.05, 0.1) is 16.5 Å². The van der Waals surface area contributed by atoms with E-state index < -0.39 is 0 Å². The van der Waals surface area contributed by atoms with Crippen LogP contribution in [0.1, 0.15) is 26.2 Å². The summed E-state index contributed by atoms with van der Waals surface area (Å²) in [6.07, 6.45) is 9.28. The molecule has 4 rings (SSSR count). The van der Waals surface area contributed by atoms with Gasteiger partial charge in [-0.15, -0.1) is 0 Å². The number of imidazole rings is 1. The van der Waals surface area contributed by atoms with Crippen molar-refractivity contribution < 1.29 is 0 Å². The summed E-state index contributed by atoms with van der Waals surface area (Å²) in [5, 5.41) is 5.02. The molecule has 1 aliphatic heterocycles. The third-order valence-corrected chi connectivity index (χ3v) is 6.10. The molecule has 0 amide bonds. The number of nitrogens with zero attached hydrogens (tertiary/aromatic N) is 4. The first-order valence-electron chi connectivity index (χ1n) is 9.14. The van der Waals surface area contributed by atoms with Gasteiger partial charge < -0.3 is 14.8 Å². The number of anilines is 1. The van der Waals surface area contributed by atoms with Gasteiger partial charge in [0.15, 0.2) is 5.13 Å². The molecule has 1 atom stereocenters. The quantitative estimate of drug-likeness (QED) is 0.735. The van der Waals surface area contributed by atoms with Gasteiger partial charge in [0.2, 0.25) is 0 Å². The molecule has 0 radical (unpaired) electrons. The molecule has 1 N–H and O–H groups in total. The predicted molar refractivity (Wildman–Crippen MR) is 104 cm³/mol. The van der Waals surface area contributed by atoms with E-state index in [9.17, 15) is 0 Å². The fourth-order valence-corrected chi connectivity index (χ4v) is 4.53. The van der Waals surface area contributed by atoms with Crippen LogP contribution < -0.4 is 10.2 Å². The Kier molecular flexibility index (Phi) is 4.99. The highest BCUT2D eigenvalue weighted by Crippen LogP contribution is 2.30. The van der Waals surface area contributed by atoms with E-state index in [1.54, 1.807) is 0 Å². The molecular formula is C19H25N5S. The molecule has 0 aliphatic carbocycles. The summed E-state index contributed by atoms with van der Waals surface area (Å²) in [5.74, 6) is 0. The Balaban J connectivity index is 1.33. The lowest BCUT2D eigenvalue weighted by Crippen LogP contribution is -2.47. The Morgan fingerprint density at radius 1 is 1.28 bits per heavy atom. The van der Waals surface area contributed by atoms with Crippen molar-refractivity contribution in [3.63, 3.8) is 0 Å². The minimum absolute atomic E-state index is 0.508. The van der Waals surface area contributed by atoms with Crippen LogP contribution in [0.2, 0.25) is 0 Å². The molecule has 5 nitrogen and oxygen atoms in total. The van der Waals surface area contributed by atoms with Crippen LogP contribution in [0, 0.1) is 0 Å². The standard InChI is InChI=1S/C19H25N5S/c1-2-15(13-23-12-9-20-14-23)21-16-7-10-24(11-8-16)19-22-17-5-3-4-6-18(17)25-19/h3-6,9,12,14-16,21H,2,7-8,10-11,13H2,1H3/t15-/m0/s1. The van der Waals surface area contributed by atoms with Crippen LogP contribution in [0.15, 0.2) is 43.0 Å². The number of fused-ring (bicyclic) bond motifs is 1. The van der Waals surface area contributed by atoms with Gasteiger partial charge in [0, 0.05) is 44.1 Å². The Morgan fingerprint density at radius 2 is 2.12 bits per heavy atom. The van der Waals surface area contributed by atoms with Gasteiger partial charge in [-0.2, -0.15) is 0 Å². The molecule has 25 heavy (non-hydrogen) atoms. The summed E-state index contributed by atoms with van der Waals surface area (Å²) in [6.45, 7) is 5.41. The molecule has 3 aromatic rings. The van der Waals surface area contributed by atoms with Crippen molar-refractivity contribution in [3.05, 3.63) is 43.0 Å². The lowest BCUT2D eigenvalue weighted by Gasteiger charge is -2.34. The second-order valence-corrected chi connectivity index (χ2v) is 7.77. The summed E-state index contributed by atoms with van der Waals surface area (Å²) >= 11 is 1.81. The number of thiazole rings is 1. The highest BCUT2D eigenvalue weighted by Gasteiger charge is 2.23. The predicted octanol–water partition coefficient (Wildman–Crippen LogP) is 3.53. The fourth-order valence-electron chi connectivity index (χ4n) is 3.51. The largest absolute Gasteiger partial charge is 0.348 e. The van der Waals surface area contributed by atoms with Crippen molar-refractivity contribution in [3.8, 4) is 0 Å². The number of piperidine rings is 1. The van der Waals surface area contributed by atoms with Crippen molar-refractivity contribution in [1.82, 2.24) is 19.9 Å². The minimum Gasteiger partial charge on any atom is -0.348 e. The van der Waals surface area contributed by atoms with E-state index in [2.05, 4.69) is 51.0 Å². The average Bonchev–Trinajstić information content (AvgIpc) is 3.31. The smallest absolute Gasteiger partial charge is 0.186 e. The van der Waals surface area contributed by atoms with Gasteiger partial charge in [0.25, 0.3) is 0 Å². The summed E-state index contributed by atoms with van der Waals surface area (Å²) in [6, 6.07) is 9.52. The van der Waals surface area contributed by atoms with Gasteiger partial charge in [0.1, 0.15) is 0 Å². The topological polar surface area (TPSA) is 46.0 Å². The molecule has 1 saturated heterocycles. The van der Waals surface area contributed by atoms with Gasteiger partial charge in [-0.05, 0) is 31.4 Å². The first-order chi connectivity index (χ1) is 12.3. The average molecular weight is 356 g/mol. The number of hydrogen-bond donors (Lipinski definition) is 1. The Morgan fingerprint density at radius 3 is 2.84 bits per heavy atom. The van der Waals surface area contributed by atoms with Crippen molar-refractivity contribution in [2.45, 2.75) is 44.8 Å². The SMILES string of the molecule is CC[C@@H](Cn1ccnc1)NC1CCN(c2nc3ccccc3s2)CC1. The molecule has 1 aromatic carbocycles. The number of benzene rings is 1. The number of aromatic nitrogens is 3. The van der Waals surface area contributed by atoms with E-state index in [0.29, 0.717) is 12.1 Å². The summed E-state index contributed by atoms with van der Waals surface area (Å²) in [7, 11) is 0. The maximum atomic E-state index is 4.80. The van der Waals surface area contributed by atoms with E-state index in [1.165, 1.54) is 22.7 Å². The number of nitrogens with one attached hydrogen (secondary N) is 1. The second kappa shape index (κ2) is 7.54. The van der Waals surface area contributed by atoms with E-state index in [4.69, 9.17) is 4.98 Å². The first-order valence-corrected chi connectivity index (χ1v) is 9.96. The fraction of sp³-hybridized carbons (Fsp3) is 0.474. The molecule has 0 saturated carbocycles. The van der Waals surface area contributed by atoms with Crippen molar-refractivity contribution in [2.24, 2.45) is 0 Å². The molecule has 0 spiro atoms. The van der Waals surface area contributed by atoms with Crippen LogP contribution in [-0.2, 0) is 6.54 Å². The lowest BCUT2D eigenvalue weighted by atomic mass is 10.0. The molecule has 2 aromatic heterocycles. The molecule has 0 bridgehead atoms. The molecule has 132 valence electrons. The normalized spacial score (nSPS) is 17.2. The van der Waals surface area contributed by atoms with Crippen LogP contribution in [0.3, 0.4) is 0 Å². The van der Waals surface area contributed by atoms with Gasteiger partial charge in [-0.3, -0.25) is 0 Å². The van der Waals surface area contributed by atoms with E-state index in [-0.39, 0.29) is 0 Å². The monoisotopic (exact) mass is 355 g/mol. The maximum absolute atomic E-state index is 4.80. The number of para-hydroxylation sites is 1. The lowest BCUT2D eigenvalue weighted by molar-refractivity contribution is 0.336. The molecular weight excluding hydrogens is 330 g/mol. The number of hydrogen-bond acceptors (Lipinski definition) is 5. The zero-order valence-electron chi connectivity index (χ0n) is 14.6. The Labute approximate surface area is 152 Å². The molecule has 1 aliphatic rings. The van der Waals surface area contributed by atoms with E-state index in [0.717, 1.165) is 31.6 Å². The zero-order valence-corrected chi connectivity index (χ0v) is 15.5. The van der Waals surface area contributed by atoms with Crippen LogP contribution in [0.5, 0.6) is 0 Å². The van der Waals surface area contributed by atoms with Crippen LogP contribution in [-0.4, -0.2) is 39.7 Å². The molecule has 6 heteroatoms. The van der Waals surface area contributed by atoms with E-state index >= 15 is 0 Å². The third kappa shape index (κ3) is 3.85. The second-order valence-electron chi connectivity index (χ2n) is 6.76. The first kappa shape index (κ1) is 16.5. The summed E-state index contributed by atoms with van der Waals surface area (Å²) in [4.78, 5) is 11.4.